The molecular formula is C18H25N3O4. The van der Waals surface area contributed by atoms with Gasteiger partial charge in [-0.25, -0.2) is 4.79 Å². The third kappa shape index (κ3) is 2.69. The lowest BCUT2D eigenvalue weighted by Gasteiger charge is -2.68. The molecule has 1 aromatic rings. The second-order valence-electron chi connectivity index (χ2n) is 9.33. The van der Waals surface area contributed by atoms with Crippen LogP contribution in [0.1, 0.15) is 69.8 Å². The normalized spacial score (nSPS) is 41.6. The molecule has 1 amide bonds. The number of carbonyl (C=O) groups is 2. The fraction of sp³-hybridized carbons (Fsp3) is 0.722. The Labute approximate surface area is 146 Å². The molecule has 0 spiro atoms. The molecule has 136 valence electrons. The van der Waals surface area contributed by atoms with Crippen molar-refractivity contribution in [3.63, 3.8) is 0 Å². The monoisotopic (exact) mass is 347 g/mol. The van der Waals surface area contributed by atoms with Crippen LogP contribution < -0.4 is 11.1 Å². The number of nitrogens with two attached hydrogens (primary N) is 1. The lowest BCUT2D eigenvalue weighted by Crippen LogP contribution is -2.71. The van der Waals surface area contributed by atoms with Crippen LogP contribution in [0.3, 0.4) is 0 Å². The Morgan fingerprint density at radius 1 is 1.16 bits per heavy atom. The SMILES string of the molecule is CC(=O)NC12CC3(C)CC(C)(C1)CC(OC(=O)c1cc(N)on1)(C3)C2. The minimum absolute atomic E-state index is 0.0279. The highest BCUT2D eigenvalue weighted by molar-refractivity contribution is 5.88. The summed E-state index contributed by atoms with van der Waals surface area (Å²) in [7, 11) is 0. The summed E-state index contributed by atoms with van der Waals surface area (Å²) in [6.45, 7) is 6.05. The summed E-state index contributed by atoms with van der Waals surface area (Å²) in [5.41, 5.74) is 4.83. The van der Waals surface area contributed by atoms with Crippen molar-refractivity contribution in [1.82, 2.24) is 10.5 Å². The second-order valence-corrected chi connectivity index (χ2v) is 9.33. The van der Waals surface area contributed by atoms with Crippen molar-refractivity contribution in [2.24, 2.45) is 10.8 Å². The van der Waals surface area contributed by atoms with Crippen LogP contribution in [0.15, 0.2) is 10.6 Å². The summed E-state index contributed by atoms with van der Waals surface area (Å²) >= 11 is 0. The Morgan fingerprint density at radius 2 is 1.80 bits per heavy atom. The number of aromatic nitrogens is 1. The predicted octanol–water partition coefficient (Wildman–Crippen LogP) is 2.42. The van der Waals surface area contributed by atoms with E-state index in [9.17, 15) is 9.59 Å². The molecule has 4 aliphatic rings. The summed E-state index contributed by atoms with van der Waals surface area (Å²) in [4.78, 5) is 24.4. The van der Waals surface area contributed by atoms with Gasteiger partial charge in [0.15, 0.2) is 5.69 Å². The van der Waals surface area contributed by atoms with Crippen LogP contribution >= 0.6 is 0 Å². The number of anilines is 1. The molecule has 4 fully saturated rings. The second kappa shape index (κ2) is 4.77. The number of nitrogens with zero attached hydrogens (tertiary/aromatic N) is 1. The molecule has 7 nitrogen and oxygen atoms in total. The number of carbonyl (C=O) groups excluding carboxylic acids is 2. The standard InChI is InChI=1S/C18H25N3O4/c1-11(22)20-17-6-15(2)5-16(3,7-17)9-18(8-15,10-17)24-14(23)12-4-13(19)25-21-12/h4H,5-10,19H2,1-3H3,(H,20,22). The molecule has 4 saturated carbocycles. The average Bonchev–Trinajstić information content (AvgIpc) is 2.78. The zero-order chi connectivity index (χ0) is 18.1. The van der Waals surface area contributed by atoms with Crippen molar-refractivity contribution in [2.45, 2.75) is 70.4 Å². The highest BCUT2D eigenvalue weighted by Crippen LogP contribution is 2.68. The number of nitrogens with one attached hydrogen (secondary N) is 1. The van der Waals surface area contributed by atoms with E-state index in [1.807, 2.05) is 0 Å². The average molecular weight is 347 g/mol. The molecule has 0 radical (unpaired) electrons. The van der Waals surface area contributed by atoms with Gasteiger partial charge in [-0.15, -0.1) is 0 Å². The van der Waals surface area contributed by atoms with E-state index in [0.29, 0.717) is 6.42 Å². The number of rotatable bonds is 3. The number of nitrogen functional groups attached to an aromatic ring is 1. The van der Waals surface area contributed by atoms with Crippen molar-refractivity contribution in [1.29, 1.82) is 0 Å². The van der Waals surface area contributed by atoms with E-state index in [-0.39, 0.29) is 33.9 Å². The lowest BCUT2D eigenvalue weighted by molar-refractivity contribution is -0.205. The van der Waals surface area contributed by atoms with Gasteiger partial charge in [0.05, 0.1) is 0 Å². The van der Waals surface area contributed by atoms with E-state index in [1.54, 1.807) is 6.92 Å². The summed E-state index contributed by atoms with van der Waals surface area (Å²) in [5, 5.41) is 6.87. The Bertz CT molecular complexity index is 737. The van der Waals surface area contributed by atoms with Crippen LogP contribution in [-0.2, 0) is 9.53 Å². The zero-order valence-corrected chi connectivity index (χ0v) is 15.0. The van der Waals surface area contributed by atoms with Gasteiger partial charge in [0, 0.05) is 24.9 Å². The molecule has 4 bridgehead atoms. The van der Waals surface area contributed by atoms with Crippen molar-refractivity contribution in [3.05, 3.63) is 11.8 Å². The van der Waals surface area contributed by atoms with Crippen molar-refractivity contribution < 1.29 is 18.8 Å². The van der Waals surface area contributed by atoms with Gasteiger partial charge in [-0.1, -0.05) is 19.0 Å². The first kappa shape index (κ1) is 16.4. The van der Waals surface area contributed by atoms with Crippen LogP contribution in [0.4, 0.5) is 5.88 Å². The molecule has 0 saturated heterocycles. The van der Waals surface area contributed by atoms with E-state index in [0.717, 1.165) is 32.1 Å². The van der Waals surface area contributed by atoms with Crippen molar-refractivity contribution in [2.75, 3.05) is 5.73 Å². The van der Waals surface area contributed by atoms with Gasteiger partial charge in [0.2, 0.25) is 11.8 Å². The molecule has 0 aliphatic heterocycles. The molecule has 2 unspecified atom stereocenters. The summed E-state index contributed by atoms with van der Waals surface area (Å²) in [6.07, 6.45) is 5.25. The van der Waals surface area contributed by atoms with E-state index in [4.69, 9.17) is 15.0 Å². The molecule has 5 rings (SSSR count). The van der Waals surface area contributed by atoms with Crippen molar-refractivity contribution >= 4 is 17.8 Å². The quantitative estimate of drug-likeness (QED) is 0.813. The van der Waals surface area contributed by atoms with Crippen LogP contribution in [-0.4, -0.2) is 28.2 Å². The maximum absolute atomic E-state index is 12.6. The maximum Gasteiger partial charge on any atom is 0.361 e. The number of esters is 1. The molecule has 0 aromatic carbocycles. The van der Waals surface area contributed by atoms with E-state index in [2.05, 4.69) is 24.3 Å². The molecule has 2 atom stereocenters. The number of hydrogen-bond acceptors (Lipinski definition) is 6. The van der Waals surface area contributed by atoms with E-state index < -0.39 is 11.6 Å². The first-order valence-corrected chi connectivity index (χ1v) is 8.79. The molecule has 7 heteroatoms. The van der Waals surface area contributed by atoms with Crippen LogP contribution in [0, 0.1) is 10.8 Å². The molecule has 1 heterocycles. The number of amides is 1. The first-order chi connectivity index (χ1) is 11.5. The molecular weight excluding hydrogens is 322 g/mol. The minimum Gasteiger partial charge on any atom is -0.454 e. The lowest BCUT2D eigenvalue weighted by atomic mass is 9.41. The Morgan fingerprint density at radius 3 is 2.32 bits per heavy atom. The van der Waals surface area contributed by atoms with E-state index >= 15 is 0 Å². The van der Waals surface area contributed by atoms with Gasteiger partial charge >= 0.3 is 5.97 Å². The summed E-state index contributed by atoms with van der Waals surface area (Å²) < 4.78 is 10.8. The molecule has 3 N–H and O–H groups in total. The van der Waals surface area contributed by atoms with Gasteiger partial charge in [-0.05, 0) is 42.9 Å². The van der Waals surface area contributed by atoms with Crippen LogP contribution in [0.25, 0.3) is 0 Å². The topological polar surface area (TPSA) is 107 Å². The maximum atomic E-state index is 12.6. The van der Waals surface area contributed by atoms with Gasteiger partial charge in [-0.3, -0.25) is 4.79 Å². The van der Waals surface area contributed by atoms with Crippen LogP contribution in [0.5, 0.6) is 0 Å². The smallest absolute Gasteiger partial charge is 0.361 e. The molecule has 25 heavy (non-hydrogen) atoms. The van der Waals surface area contributed by atoms with Crippen molar-refractivity contribution in [3.8, 4) is 0 Å². The fourth-order valence-corrected chi connectivity index (χ4v) is 6.84. The zero-order valence-electron chi connectivity index (χ0n) is 15.0. The largest absolute Gasteiger partial charge is 0.454 e. The highest BCUT2D eigenvalue weighted by atomic mass is 16.6. The molecule has 1 aromatic heterocycles. The highest BCUT2D eigenvalue weighted by Gasteiger charge is 2.67. The minimum atomic E-state index is -0.578. The Hall–Kier alpha value is -2.05. The van der Waals surface area contributed by atoms with Gasteiger partial charge in [0.25, 0.3) is 0 Å². The molecule has 4 aliphatic carbocycles. The summed E-state index contributed by atoms with van der Waals surface area (Å²) in [5.74, 6) is -0.446. The Kier molecular flexibility index (Phi) is 3.13. The van der Waals surface area contributed by atoms with Gasteiger partial charge < -0.3 is 20.3 Å². The van der Waals surface area contributed by atoms with Crippen LogP contribution in [0.2, 0.25) is 0 Å². The van der Waals surface area contributed by atoms with Gasteiger partial charge in [0.1, 0.15) is 5.60 Å². The predicted molar refractivity (Wildman–Crippen MR) is 89.5 cm³/mol. The number of hydrogen-bond donors (Lipinski definition) is 2. The first-order valence-electron chi connectivity index (χ1n) is 8.79. The summed E-state index contributed by atoms with van der Waals surface area (Å²) in [6, 6.07) is 1.38. The van der Waals surface area contributed by atoms with Gasteiger partial charge in [-0.2, -0.15) is 0 Å². The third-order valence-electron chi connectivity index (χ3n) is 6.03. The number of ether oxygens (including phenoxy) is 1. The Balaban J connectivity index is 1.67. The fourth-order valence-electron chi connectivity index (χ4n) is 6.84. The van der Waals surface area contributed by atoms with E-state index in [1.165, 1.54) is 6.07 Å². The third-order valence-corrected chi connectivity index (χ3v) is 6.03.